The zero-order valence-electron chi connectivity index (χ0n) is 17.3. The second kappa shape index (κ2) is 9.77. The molecule has 0 radical (unpaired) electrons. The van der Waals surface area contributed by atoms with Gasteiger partial charge >= 0.3 is 0 Å². The first-order chi connectivity index (χ1) is 13.8. The molecule has 1 aromatic rings. The molecule has 1 amide bonds. The Morgan fingerprint density at radius 1 is 1.10 bits per heavy atom. The molecule has 1 N–H and O–H groups in total. The summed E-state index contributed by atoms with van der Waals surface area (Å²) in [6.07, 6.45) is 3.23. The molecule has 1 aromatic carbocycles. The summed E-state index contributed by atoms with van der Waals surface area (Å²) >= 11 is 5.89. The first-order valence-electron chi connectivity index (χ1n) is 10.5. The van der Waals surface area contributed by atoms with E-state index in [0.29, 0.717) is 49.5 Å². The minimum absolute atomic E-state index is 0.0563. The molecule has 8 heteroatoms. The van der Waals surface area contributed by atoms with Gasteiger partial charge in [-0.1, -0.05) is 37.6 Å². The Kier molecular flexibility index (Phi) is 7.59. The Hall–Kier alpha value is -1.15. The maximum atomic E-state index is 13.1. The van der Waals surface area contributed by atoms with Crippen molar-refractivity contribution in [1.82, 2.24) is 13.9 Å². The first kappa shape index (κ1) is 22.5. The molecule has 2 aliphatic heterocycles. The largest absolute Gasteiger partial charge is 0.355 e. The van der Waals surface area contributed by atoms with Crippen LogP contribution in [0.5, 0.6) is 0 Å². The van der Waals surface area contributed by atoms with E-state index in [4.69, 9.17) is 11.6 Å². The molecule has 0 spiro atoms. The van der Waals surface area contributed by atoms with Gasteiger partial charge in [0, 0.05) is 37.7 Å². The molecule has 0 unspecified atom stereocenters. The molecular formula is C21H32ClN3O3S. The minimum atomic E-state index is -3.51. The normalized spacial score (nSPS) is 26.9. The van der Waals surface area contributed by atoms with Crippen LogP contribution >= 0.6 is 11.6 Å². The average Bonchev–Trinajstić information content (AvgIpc) is 2.69. The lowest BCUT2D eigenvalue weighted by Gasteiger charge is -2.39. The molecular weight excluding hydrogens is 410 g/mol. The van der Waals surface area contributed by atoms with Crippen molar-refractivity contribution in [2.75, 3.05) is 32.7 Å². The highest BCUT2D eigenvalue weighted by molar-refractivity contribution is 7.86. The van der Waals surface area contributed by atoms with Crippen LogP contribution in [0.4, 0.5) is 0 Å². The Morgan fingerprint density at radius 3 is 2.41 bits per heavy atom. The van der Waals surface area contributed by atoms with Crippen LogP contribution in [0.3, 0.4) is 0 Å². The fourth-order valence-corrected chi connectivity index (χ4v) is 6.52. The van der Waals surface area contributed by atoms with Gasteiger partial charge in [0.1, 0.15) is 0 Å². The standard InChI is InChI=1S/C21H32ClN3O3S/c1-16-12-17(2)14-25(13-16)29(27,28)24-11-3-4-19(15-24)21(26)23-10-9-18-5-7-20(22)8-6-18/h5-8,16-17,19H,3-4,9-15H2,1-2H3,(H,23,26)/t16-,17+,19-/m1/s1. The molecule has 0 bridgehead atoms. The van der Waals surface area contributed by atoms with Gasteiger partial charge in [-0.3, -0.25) is 4.79 Å². The molecule has 3 rings (SSSR count). The average molecular weight is 442 g/mol. The van der Waals surface area contributed by atoms with Crippen LogP contribution < -0.4 is 5.32 Å². The van der Waals surface area contributed by atoms with Gasteiger partial charge in [-0.25, -0.2) is 0 Å². The van der Waals surface area contributed by atoms with Crippen LogP contribution in [0.15, 0.2) is 24.3 Å². The lowest BCUT2D eigenvalue weighted by molar-refractivity contribution is -0.126. The van der Waals surface area contributed by atoms with Gasteiger partial charge < -0.3 is 5.32 Å². The van der Waals surface area contributed by atoms with Crippen molar-refractivity contribution in [2.24, 2.45) is 17.8 Å². The molecule has 2 fully saturated rings. The number of nitrogens with one attached hydrogen (secondary N) is 1. The number of carbonyl (C=O) groups excluding carboxylic acids is 1. The van der Waals surface area contributed by atoms with Crippen molar-refractivity contribution in [2.45, 2.75) is 39.5 Å². The van der Waals surface area contributed by atoms with E-state index in [0.717, 1.165) is 24.8 Å². The molecule has 2 heterocycles. The van der Waals surface area contributed by atoms with Crippen molar-refractivity contribution >= 4 is 27.7 Å². The molecule has 0 aliphatic carbocycles. The molecule has 6 nitrogen and oxygen atoms in total. The molecule has 29 heavy (non-hydrogen) atoms. The van der Waals surface area contributed by atoms with Crippen LogP contribution in [0, 0.1) is 17.8 Å². The monoisotopic (exact) mass is 441 g/mol. The molecule has 162 valence electrons. The van der Waals surface area contributed by atoms with E-state index < -0.39 is 10.2 Å². The fourth-order valence-electron chi connectivity index (χ4n) is 4.45. The van der Waals surface area contributed by atoms with Gasteiger partial charge in [-0.05, 0) is 55.2 Å². The Morgan fingerprint density at radius 2 is 1.76 bits per heavy atom. The summed E-state index contributed by atoms with van der Waals surface area (Å²) in [7, 11) is -3.51. The fraction of sp³-hybridized carbons (Fsp3) is 0.667. The second-order valence-electron chi connectivity index (χ2n) is 8.64. The summed E-state index contributed by atoms with van der Waals surface area (Å²) in [4.78, 5) is 12.6. The van der Waals surface area contributed by atoms with Crippen LogP contribution in [0.25, 0.3) is 0 Å². The van der Waals surface area contributed by atoms with Gasteiger partial charge in [0.05, 0.1) is 5.92 Å². The lowest BCUT2D eigenvalue weighted by Crippen LogP contribution is -2.53. The third-order valence-corrected chi connectivity index (χ3v) is 8.06. The number of benzene rings is 1. The van der Waals surface area contributed by atoms with Crippen LogP contribution in [0.2, 0.25) is 5.02 Å². The maximum absolute atomic E-state index is 13.1. The van der Waals surface area contributed by atoms with Crippen LogP contribution in [-0.2, 0) is 21.4 Å². The van der Waals surface area contributed by atoms with E-state index in [2.05, 4.69) is 19.2 Å². The highest BCUT2D eigenvalue weighted by Crippen LogP contribution is 2.27. The van der Waals surface area contributed by atoms with Gasteiger partial charge in [0.2, 0.25) is 5.91 Å². The highest BCUT2D eigenvalue weighted by atomic mass is 35.5. The molecule has 0 aromatic heterocycles. The zero-order valence-corrected chi connectivity index (χ0v) is 18.9. The third-order valence-electron chi connectivity index (χ3n) is 5.87. The smallest absolute Gasteiger partial charge is 0.282 e. The van der Waals surface area contributed by atoms with Crippen molar-refractivity contribution in [3.8, 4) is 0 Å². The first-order valence-corrected chi connectivity index (χ1v) is 12.3. The van der Waals surface area contributed by atoms with E-state index in [1.807, 2.05) is 24.3 Å². The summed E-state index contributed by atoms with van der Waals surface area (Å²) < 4.78 is 29.4. The van der Waals surface area contributed by atoms with Gasteiger partial charge in [-0.2, -0.15) is 17.0 Å². The highest BCUT2D eigenvalue weighted by Gasteiger charge is 2.38. The van der Waals surface area contributed by atoms with E-state index >= 15 is 0 Å². The minimum Gasteiger partial charge on any atom is -0.355 e. The summed E-state index contributed by atoms with van der Waals surface area (Å²) in [5.74, 6) is 0.387. The maximum Gasteiger partial charge on any atom is 0.282 e. The predicted octanol–water partition coefficient (Wildman–Crippen LogP) is 2.93. The van der Waals surface area contributed by atoms with Crippen molar-refractivity contribution in [1.29, 1.82) is 0 Å². The Labute approximate surface area is 179 Å². The van der Waals surface area contributed by atoms with Crippen molar-refractivity contribution in [3.63, 3.8) is 0 Å². The summed E-state index contributed by atoms with van der Waals surface area (Å²) in [5.41, 5.74) is 1.11. The summed E-state index contributed by atoms with van der Waals surface area (Å²) in [6, 6.07) is 7.57. The van der Waals surface area contributed by atoms with Crippen LogP contribution in [0.1, 0.15) is 38.7 Å². The quantitative estimate of drug-likeness (QED) is 0.737. The summed E-state index contributed by atoms with van der Waals surface area (Å²) in [5, 5.41) is 3.67. The van der Waals surface area contributed by atoms with Crippen molar-refractivity contribution < 1.29 is 13.2 Å². The number of hydrogen-bond acceptors (Lipinski definition) is 3. The van der Waals surface area contributed by atoms with Gasteiger partial charge in [0.25, 0.3) is 10.2 Å². The van der Waals surface area contributed by atoms with E-state index in [-0.39, 0.29) is 18.4 Å². The number of amides is 1. The Balaban J connectivity index is 1.53. The molecule has 0 saturated carbocycles. The number of hydrogen-bond donors (Lipinski definition) is 1. The Bertz CT molecular complexity index is 790. The topological polar surface area (TPSA) is 69.7 Å². The molecule has 3 atom stereocenters. The van der Waals surface area contributed by atoms with E-state index in [9.17, 15) is 13.2 Å². The number of carbonyl (C=O) groups is 1. The van der Waals surface area contributed by atoms with E-state index in [1.165, 1.54) is 4.31 Å². The predicted molar refractivity (Wildman–Crippen MR) is 116 cm³/mol. The lowest BCUT2D eigenvalue weighted by atomic mass is 9.94. The number of halogens is 1. The third kappa shape index (κ3) is 5.94. The number of rotatable bonds is 6. The van der Waals surface area contributed by atoms with Gasteiger partial charge in [0.15, 0.2) is 0 Å². The van der Waals surface area contributed by atoms with E-state index in [1.54, 1.807) is 4.31 Å². The number of nitrogens with zero attached hydrogens (tertiary/aromatic N) is 2. The second-order valence-corrected chi connectivity index (χ2v) is 11.0. The zero-order chi connectivity index (χ0) is 21.0. The number of piperidine rings is 2. The molecule has 2 aliphatic rings. The molecule has 2 saturated heterocycles. The summed E-state index contributed by atoms with van der Waals surface area (Å²) in [6.45, 7) is 6.65. The van der Waals surface area contributed by atoms with Crippen LogP contribution in [-0.4, -0.2) is 55.7 Å². The van der Waals surface area contributed by atoms with Crippen molar-refractivity contribution in [3.05, 3.63) is 34.9 Å². The SMILES string of the molecule is C[C@@H]1C[C@H](C)CN(S(=O)(=O)N2CCC[C@@H](C(=O)NCCc3ccc(Cl)cc3)C2)C1. The van der Waals surface area contributed by atoms with Gasteiger partial charge in [-0.15, -0.1) is 0 Å².